The van der Waals surface area contributed by atoms with E-state index in [2.05, 4.69) is 4.98 Å². The van der Waals surface area contributed by atoms with E-state index in [0.717, 1.165) is 15.4 Å². The Morgan fingerprint density at radius 2 is 1.95 bits per heavy atom. The maximum atomic E-state index is 12.7. The average Bonchev–Trinajstić information content (AvgIpc) is 2.83. The van der Waals surface area contributed by atoms with Gasteiger partial charge in [0.1, 0.15) is 0 Å². The molecule has 21 heavy (non-hydrogen) atoms. The predicted molar refractivity (Wildman–Crippen MR) is 87.2 cm³/mol. The summed E-state index contributed by atoms with van der Waals surface area (Å²) in [6.07, 6.45) is 1.83. The molecule has 0 atom stereocenters. The fraction of sp³-hybridized carbons (Fsp3) is 0.375. The minimum atomic E-state index is -0.581. The third-order valence-corrected chi connectivity index (χ3v) is 4.47. The van der Waals surface area contributed by atoms with Crippen LogP contribution in [-0.4, -0.2) is 22.8 Å². The van der Waals surface area contributed by atoms with Gasteiger partial charge in [-0.3, -0.25) is 4.79 Å². The molecule has 0 aliphatic carbocycles. The van der Waals surface area contributed by atoms with Crippen molar-refractivity contribution in [1.82, 2.24) is 9.88 Å². The number of aromatic nitrogens is 1. The molecule has 2 rings (SSSR count). The Morgan fingerprint density at radius 3 is 2.48 bits per heavy atom. The van der Waals surface area contributed by atoms with Crippen molar-refractivity contribution < 1.29 is 4.79 Å². The Balaban J connectivity index is 2.15. The summed E-state index contributed by atoms with van der Waals surface area (Å²) >= 11 is 1.62. The first-order valence-electron chi connectivity index (χ1n) is 6.83. The Morgan fingerprint density at radius 1 is 1.33 bits per heavy atom. The predicted octanol–water partition coefficient (Wildman–Crippen LogP) is 2.97. The van der Waals surface area contributed by atoms with E-state index in [-0.39, 0.29) is 5.91 Å². The van der Waals surface area contributed by atoms with Crippen molar-refractivity contribution >= 4 is 22.9 Å². The highest BCUT2D eigenvalue weighted by Gasteiger charge is 2.32. The standard InChI is InChI=1S/C16H21N3OS/c1-11-18-9-14(21-11)10-19(4)15(20)16(2,3)12-5-7-13(17)8-6-12/h5-9H,10,17H2,1-4H3. The third-order valence-electron chi connectivity index (χ3n) is 3.58. The summed E-state index contributed by atoms with van der Waals surface area (Å²) in [5.41, 5.74) is 6.80. The maximum absolute atomic E-state index is 12.7. The molecular weight excluding hydrogens is 282 g/mol. The quantitative estimate of drug-likeness (QED) is 0.883. The van der Waals surface area contributed by atoms with Crippen LogP contribution in [0.5, 0.6) is 0 Å². The van der Waals surface area contributed by atoms with Crippen LogP contribution in [0.15, 0.2) is 30.5 Å². The fourth-order valence-electron chi connectivity index (χ4n) is 2.28. The lowest BCUT2D eigenvalue weighted by molar-refractivity contribution is -0.135. The number of thiazole rings is 1. The first-order valence-corrected chi connectivity index (χ1v) is 7.65. The number of likely N-dealkylation sites (N-methyl/N-ethyl adjacent to an activating group) is 1. The van der Waals surface area contributed by atoms with Gasteiger partial charge in [0.15, 0.2) is 0 Å². The van der Waals surface area contributed by atoms with E-state index in [0.29, 0.717) is 12.2 Å². The normalized spacial score (nSPS) is 11.4. The van der Waals surface area contributed by atoms with Gasteiger partial charge < -0.3 is 10.6 Å². The number of aryl methyl sites for hydroxylation is 1. The van der Waals surface area contributed by atoms with Crippen molar-refractivity contribution in [3.63, 3.8) is 0 Å². The van der Waals surface area contributed by atoms with Gasteiger partial charge in [-0.25, -0.2) is 4.98 Å². The SMILES string of the molecule is Cc1ncc(CN(C)C(=O)C(C)(C)c2ccc(N)cc2)s1. The summed E-state index contributed by atoms with van der Waals surface area (Å²) in [4.78, 5) is 19.8. The summed E-state index contributed by atoms with van der Waals surface area (Å²) in [7, 11) is 1.83. The first-order chi connectivity index (χ1) is 9.80. The van der Waals surface area contributed by atoms with E-state index >= 15 is 0 Å². The number of hydrogen-bond acceptors (Lipinski definition) is 4. The van der Waals surface area contributed by atoms with Crippen molar-refractivity contribution in [2.45, 2.75) is 32.7 Å². The van der Waals surface area contributed by atoms with Gasteiger partial charge in [0, 0.05) is 23.8 Å². The molecule has 0 radical (unpaired) electrons. The van der Waals surface area contributed by atoms with Crippen LogP contribution in [0.3, 0.4) is 0 Å². The zero-order chi connectivity index (χ0) is 15.6. The molecule has 0 bridgehead atoms. The number of nitrogens with zero attached hydrogens (tertiary/aromatic N) is 2. The Bertz CT molecular complexity index is 631. The maximum Gasteiger partial charge on any atom is 0.232 e. The highest BCUT2D eigenvalue weighted by Crippen LogP contribution is 2.27. The molecule has 1 amide bonds. The highest BCUT2D eigenvalue weighted by molar-refractivity contribution is 7.11. The largest absolute Gasteiger partial charge is 0.399 e. The third kappa shape index (κ3) is 3.42. The zero-order valence-electron chi connectivity index (χ0n) is 12.9. The average molecular weight is 303 g/mol. The number of amides is 1. The van der Waals surface area contributed by atoms with Gasteiger partial charge in [-0.15, -0.1) is 11.3 Å². The van der Waals surface area contributed by atoms with Gasteiger partial charge in [0.2, 0.25) is 5.91 Å². The van der Waals surface area contributed by atoms with Crippen LogP contribution in [0, 0.1) is 6.92 Å². The Hall–Kier alpha value is -1.88. The lowest BCUT2D eigenvalue weighted by Crippen LogP contribution is -2.40. The second kappa shape index (κ2) is 5.85. The molecule has 2 N–H and O–H groups in total. The number of hydrogen-bond donors (Lipinski definition) is 1. The molecule has 0 aliphatic rings. The molecular formula is C16H21N3OS. The highest BCUT2D eigenvalue weighted by atomic mass is 32.1. The molecule has 4 nitrogen and oxygen atoms in total. The lowest BCUT2D eigenvalue weighted by Gasteiger charge is -2.29. The van der Waals surface area contributed by atoms with Gasteiger partial charge in [0.25, 0.3) is 0 Å². The van der Waals surface area contributed by atoms with Crippen LogP contribution in [0.2, 0.25) is 0 Å². The molecule has 0 saturated carbocycles. The van der Waals surface area contributed by atoms with E-state index in [4.69, 9.17) is 5.73 Å². The minimum Gasteiger partial charge on any atom is -0.399 e. The smallest absolute Gasteiger partial charge is 0.232 e. The Labute approximate surface area is 129 Å². The van der Waals surface area contributed by atoms with Gasteiger partial charge >= 0.3 is 0 Å². The molecule has 1 heterocycles. The van der Waals surface area contributed by atoms with Gasteiger partial charge in [0.05, 0.1) is 17.0 Å². The van der Waals surface area contributed by atoms with E-state index < -0.39 is 5.41 Å². The van der Waals surface area contributed by atoms with Crippen molar-refractivity contribution in [1.29, 1.82) is 0 Å². The second-order valence-corrected chi connectivity index (χ2v) is 7.07. The molecule has 0 fully saturated rings. The van der Waals surface area contributed by atoms with Crippen LogP contribution in [0.4, 0.5) is 5.69 Å². The van der Waals surface area contributed by atoms with E-state index in [9.17, 15) is 4.79 Å². The lowest BCUT2D eigenvalue weighted by atomic mass is 9.83. The van der Waals surface area contributed by atoms with Gasteiger partial charge in [-0.2, -0.15) is 0 Å². The number of rotatable bonds is 4. The number of nitrogen functional groups attached to an aromatic ring is 1. The molecule has 0 spiro atoms. The summed E-state index contributed by atoms with van der Waals surface area (Å²) in [6.45, 7) is 6.43. The fourth-order valence-corrected chi connectivity index (χ4v) is 3.13. The number of benzene rings is 1. The monoisotopic (exact) mass is 303 g/mol. The van der Waals surface area contributed by atoms with Crippen LogP contribution in [-0.2, 0) is 16.8 Å². The molecule has 112 valence electrons. The molecule has 5 heteroatoms. The van der Waals surface area contributed by atoms with Crippen molar-refractivity contribution in [3.05, 3.63) is 45.9 Å². The Kier molecular flexibility index (Phi) is 4.32. The number of carbonyl (C=O) groups is 1. The minimum absolute atomic E-state index is 0.0818. The summed E-state index contributed by atoms with van der Waals surface area (Å²) in [6, 6.07) is 7.49. The second-order valence-electron chi connectivity index (χ2n) is 5.75. The molecule has 1 aromatic carbocycles. The summed E-state index contributed by atoms with van der Waals surface area (Å²) in [5.74, 6) is 0.0818. The van der Waals surface area contributed by atoms with Crippen LogP contribution in [0.25, 0.3) is 0 Å². The molecule has 0 saturated heterocycles. The topological polar surface area (TPSA) is 59.2 Å². The number of anilines is 1. The summed E-state index contributed by atoms with van der Waals surface area (Å²) < 4.78 is 0. The van der Waals surface area contributed by atoms with Crippen LogP contribution >= 0.6 is 11.3 Å². The number of carbonyl (C=O) groups excluding carboxylic acids is 1. The molecule has 0 unspecified atom stereocenters. The van der Waals surface area contributed by atoms with Crippen LogP contribution in [0.1, 0.15) is 29.3 Å². The first kappa shape index (κ1) is 15.5. The van der Waals surface area contributed by atoms with E-state index in [1.165, 1.54) is 0 Å². The van der Waals surface area contributed by atoms with E-state index in [1.807, 2.05) is 58.3 Å². The molecule has 0 aliphatic heterocycles. The molecule has 1 aromatic heterocycles. The summed E-state index contributed by atoms with van der Waals surface area (Å²) in [5, 5.41) is 1.02. The van der Waals surface area contributed by atoms with Gasteiger partial charge in [-0.05, 0) is 38.5 Å². The van der Waals surface area contributed by atoms with Crippen molar-refractivity contribution in [2.75, 3.05) is 12.8 Å². The molecule has 2 aromatic rings. The van der Waals surface area contributed by atoms with E-state index in [1.54, 1.807) is 16.2 Å². The van der Waals surface area contributed by atoms with Crippen LogP contribution < -0.4 is 5.73 Å². The number of nitrogens with two attached hydrogens (primary N) is 1. The zero-order valence-corrected chi connectivity index (χ0v) is 13.7. The van der Waals surface area contributed by atoms with Crippen molar-refractivity contribution in [2.24, 2.45) is 0 Å². The van der Waals surface area contributed by atoms with Gasteiger partial charge in [-0.1, -0.05) is 12.1 Å². The van der Waals surface area contributed by atoms with Crippen molar-refractivity contribution in [3.8, 4) is 0 Å².